The van der Waals surface area contributed by atoms with Gasteiger partial charge in [0.1, 0.15) is 0 Å². The molecule has 1 N–H and O–H groups in total. The van der Waals surface area contributed by atoms with Gasteiger partial charge >= 0.3 is 0 Å². The van der Waals surface area contributed by atoms with Crippen LogP contribution in [-0.4, -0.2) is 37.6 Å². The fourth-order valence-corrected chi connectivity index (χ4v) is 3.73. The monoisotopic (exact) mass is 293 g/mol. The van der Waals surface area contributed by atoms with Gasteiger partial charge in [-0.2, -0.15) is 0 Å². The molecular formula is C14H19N3O2S. The second-order valence-electron chi connectivity index (χ2n) is 5.92. The van der Waals surface area contributed by atoms with E-state index >= 15 is 0 Å². The highest BCUT2D eigenvalue weighted by Gasteiger charge is 2.35. The largest absolute Gasteiger partial charge is 0.389 e. The quantitative estimate of drug-likeness (QED) is 0.931. The molecule has 3 heterocycles. The summed E-state index contributed by atoms with van der Waals surface area (Å²) in [5, 5.41) is 12.1. The van der Waals surface area contributed by atoms with Crippen molar-refractivity contribution in [3.63, 3.8) is 0 Å². The van der Waals surface area contributed by atoms with E-state index in [0.29, 0.717) is 6.54 Å². The molecule has 6 heteroatoms. The first kappa shape index (κ1) is 13.7. The van der Waals surface area contributed by atoms with Gasteiger partial charge < -0.3 is 5.11 Å². The highest BCUT2D eigenvalue weighted by atomic mass is 32.1. The van der Waals surface area contributed by atoms with Crippen LogP contribution < -0.4 is 5.56 Å². The number of aliphatic hydroxyl groups is 1. The molecule has 3 rings (SSSR count). The van der Waals surface area contributed by atoms with Crippen LogP contribution in [0, 0.1) is 0 Å². The molecule has 1 fully saturated rings. The van der Waals surface area contributed by atoms with E-state index in [9.17, 15) is 9.90 Å². The normalized spacial score (nSPS) is 20.9. The predicted octanol–water partition coefficient (Wildman–Crippen LogP) is 1.49. The Hall–Kier alpha value is -1.24. The molecule has 5 nitrogen and oxygen atoms in total. The van der Waals surface area contributed by atoms with Crippen LogP contribution in [0.4, 0.5) is 0 Å². The van der Waals surface area contributed by atoms with E-state index in [1.54, 1.807) is 16.7 Å². The number of thiazole rings is 1. The van der Waals surface area contributed by atoms with Gasteiger partial charge in [-0.15, -0.1) is 11.3 Å². The van der Waals surface area contributed by atoms with Crippen LogP contribution >= 0.6 is 11.3 Å². The third-order valence-electron chi connectivity index (χ3n) is 3.90. The van der Waals surface area contributed by atoms with Gasteiger partial charge in [-0.3, -0.25) is 14.1 Å². The Morgan fingerprint density at radius 2 is 2.35 bits per heavy atom. The predicted molar refractivity (Wildman–Crippen MR) is 79.1 cm³/mol. The van der Waals surface area contributed by atoms with Crippen molar-refractivity contribution in [1.29, 1.82) is 0 Å². The Bertz CT molecular complexity index is 671. The molecule has 1 saturated heterocycles. The molecule has 0 spiro atoms. The lowest BCUT2D eigenvalue weighted by Gasteiger charge is -2.33. The van der Waals surface area contributed by atoms with Gasteiger partial charge in [0, 0.05) is 30.2 Å². The van der Waals surface area contributed by atoms with Crippen molar-refractivity contribution in [2.75, 3.05) is 6.54 Å². The zero-order chi connectivity index (χ0) is 14.3. The maximum atomic E-state index is 12.0. The van der Waals surface area contributed by atoms with Crippen molar-refractivity contribution in [1.82, 2.24) is 14.3 Å². The molecule has 0 bridgehead atoms. The summed E-state index contributed by atoms with van der Waals surface area (Å²) in [6.07, 6.45) is 3.81. The molecule has 2 aromatic heterocycles. The van der Waals surface area contributed by atoms with E-state index in [1.165, 1.54) is 11.3 Å². The minimum atomic E-state index is -0.724. The second-order valence-corrected chi connectivity index (χ2v) is 6.80. The number of fused-ring (bicyclic) bond motifs is 1. The van der Waals surface area contributed by atoms with Crippen molar-refractivity contribution in [2.24, 2.45) is 0 Å². The highest BCUT2D eigenvalue weighted by molar-refractivity contribution is 7.15. The van der Waals surface area contributed by atoms with E-state index < -0.39 is 5.60 Å². The first-order valence-corrected chi connectivity index (χ1v) is 7.75. The van der Waals surface area contributed by atoms with Gasteiger partial charge in [0.15, 0.2) is 4.96 Å². The van der Waals surface area contributed by atoms with Gasteiger partial charge in [-0.25, -0.2) is 4.98 Å². The Labute approximate surface area is 121 Å². The number of likely N-dealkylation sites (tertiary alicyclic amines) is 1. The van der Waals surface area contributed by atoms with Crippen molar-refractivity contribution in [3.05, 3.63) is 33.7 Å². The average molecular weight is 293 g/mol. The zero-order valence-corrected chi connectivity index (χ0v) is 12.6. The maximum Gasteiger partial charge on any atom is 0.258 e. The Morgan fingerprint density at radius 3 is 3.10 bits per heavy atom. The summed E-state index contributed by atoms with van der Waals surface area (Å²) in [5.41, 5.74) is 0.0253. The molecule has 2 aromatic rings. The lowest BCUT2D eigenvalue weighted by Crippen LogP contribution is -2.45. The molecule has 1 unspecified atom stereocenters. The van der Waals surface area contributed by atoms with Crippen LogP contribution in [0.3, 0.4) is 0 Å². The van der Waals surface area contributed by atoms with Crippen LogP contribution in [0.2, 0.25) is 0 Å². The summed E-state index contributed by atoms with van der Waals surface area (Å²) in [7, 11) is 0. The molecule has 0 saturated carbocycles. The van der Waals surface area contributed by atoms with Crippen LogP contribution in [0.15, 0.2) is 22.4 Å². The first-order chi connectivity index (χ1) is 9.45. The summed E-state index contributed by atoms with van der Waals surface area (Å²) in [6.45, 7) is 5.26. The molecule has 0 aromatic carbocycles. The fourth-order valence-electron chi connectivity index (χ4n) is 2.99. The Morgan fingerprint density at radius 1 is 1.55 bits per heavy atom. The minimum Gasteiger partial charge on any atom is -0.389 e. The summed E-state index contributed by atoms with van der Waals surface area (Å²) < 4.78 is 1.56. The van der Waals surface area contributed by atoms with Gasteiger partial charge in [0.2, 0.25) is 0 Å². The van der Waals surface area contributed by atoms with Crippen molar-refractivity contribution in [2.45, 2.75) is 44.9 Å². The van der Waals surface area contributed by atoms with Crippen LogP contribution in [0.5, 0.6) is 0 Å². The third kappa shape index (κ3) is 2.51. The smallest absolute Gasteiger partial charge is 0.258 e. The standard InChI is InChI=1S/C14H19N3O2S/c1-14(2,19)11-4-3-5-16(11)9-10-8-12(18)17-6-7-20-13(17)15-10/h6-8,11,19H,3-5,9H2,1-2H3. The van der Waals surface area contributed by atoms with Crippen LogP contribution in [-0.2, 0) is 6.54 Å². The SMILES string of the molecule is CC(C)(O)C1CCCN1Cc1cc(=O)n2ccsc2n1. The Balaban J connectivity index is 1.87. The number of hydrogen-bond donors (Lipinski definition) is 1. The number of rotatable bonds is 3. The van der Waals surface area contributed by atoms with E-state index in [-0.39, 0.29) is 11.6 Å². The van der Waals surface area contributed by atoms with E-state index in [4.69, 9.17) is 0 Å². The first-order valence-electron chi connectivity index (χ1n) is 6.87. The third-order valence-corrected chi connectivity index (χ3v) is 4.66. The van der Waals surface area contributed by atoms with Crippen molar-refractivity contribution in [3.8, 4) is 0 Å². The molecule has 0 radical (unpaired) electrons. The molecular weight excluding hydrogens is 274 g/mol. The van der Waals surface area contributed by atoms with Crippen molar-refractivity contribution >= 4 is 16.3 Å². The van der Waals surface area contributed by atoms with E-state index in [2.05, 4.69) is 9.88 Å². The summed E-state index contributed by atoms with van der Waals surface area (Å²) >= 11 is 1.46. The van der Waals surface area contributed by atoms with Gasteiger partial charge in [0.05, 0.1) is 11.3 Å². The van der Waals surface area contributed by atoms with Gasteiger partial charge in [0.25, 0.3) is 5.56 Å². The summed E-state index contributed by atoms with van der Waals surface area (Å²) in [6, 6.07) is 1.73. The summed E-state index contributed by atoms with van der Waals surface area (Å²) in [5.74, 6) is 0. The summed E-state index contributed by atoms with van der Waals surface area (Å²) in [4.78, 5) is 19.5. The molecule has 0 aliphatic carbocycles. The molecule has 108 valence electrons. The van der Waals surface area contributed by atoms with E-state index in [0.717, 1.165) is 30.0 Å². The van der Waals surface area contributed by atoms with Crippen molar-refractivity contribution < 1.29 is 5.11 Å². The fraction of sp³-hybridized carbons (Fsp3) is 0.571. The molecule has 1 atom stereocenters. The minimum absolute atomic E-state index is 0.0368. The lowest BCUT2D eigenvalue weighted by atomic mass is 9.96. The topological polar surface area (TPSA) is 57.8 Å². The van der Waals surface area contributed by atoms with Crippen LogP contribution in [0.1, 0.15) is 32.4 Å². The highest BCUT2D eigenvalue weighted by Crippen LogP contribution is 2.27. The zero-order valence-electron chi connectivity index (χ0n) is 11.7. The number of nitrogens with zero attached hydrogens (tertiary/aromatic N) is 3. The molecule has 1 aliphatic heterocycles. The second kappa shape index (κ2) is 4.95. The average Bonchev–Trinajstić information content (AvgIpc) is 2.96. The molecule has 20 heavy (non-hydrogen) atoms. The Kier molecular flexibility index (Phi) is 3.40. The lowest BCUT2D eigenvalue weighted by molar-refractivity contribution is -0.00535. The molecule has 0 amide bonds. The van der Waals surface area contributed by atoms with E-state index in [1.807, 2.05) is 19.2 Å². The van der Waals surface area contributed by atoms with Gasteiger partial charge in [-0.05, 0) is 33.2 Å². The number of hydrogen-bond acceptors (Lipinski definition) is 5. The number of aromatic nitrogens is 2. The van der Waals surface area contributed by atoms with Crippen LogP contribution in [0.25, 0.3) is 4.96 Å². The van der Waals surface area contributed by atoms with Gasteiger partial charge in [-0.1, -0.05) is 0 Å². The molecule has 1 aliphatic rings. The maximum absolute atomic E-state index is 12.0.